The molecular formula is C27H38BrN3O4S. The van der Waals surface area contributed by atoms with Crippen LogP contribution in [-0.2, 0) is 26.2 Å². The van der Waals surface area contributed by atoms with Gasteiger partial charge in [0.25, 0.3) is 0 Å². The van der Waals surface area contributed by atoms with Crippen molar-refractivity contribution in [1.82, 2.24) is 10.2 Å². The number of carbonyl (C=O) groups excluding carboxylic acids is 2. The Bertz CT molecular complexity index is 1150. The second kappa shape index (κ2) is 13.2. The van der Waals surface area contributed by atoms with Crippen LogP contribution >= 0.6 is 15.9 Å². The summed E-state index contributed by atoms with van der Waals surface area (Å²) in [7, 11) is -3.53. The number of aryl methyl sites for hydroxylation is 1. The van der Waals surface area contributed by atoms with Gasteiger partial charge in [-0.05, 0) is 75.4 Å². The lowest BCUT2D eigenvalue weighted by atomic mass is 10.1. The molecule has 7 nitrogen and oxygen atoms in total. The van der Waals surface area contributed by atoms with Gasteiger partial charge < -0.3 is 10.2 Å². The number of amides is 2. The molecule has 36 heavy (non-hydrogen) atoms. The molecule has 0 aromatic heterocycles. The monoisotopic (exact) mass is 579 g/mol. The Labute approximate surface area is 224 Å². The lowest BCUT2D eigenvalue weighted by molar-refractivity contribution is -0.140. The number of nitrogens with one attached hydrogen (secondary N) is 1. The van der Waals surface area contributed by atoms with E-state index in [1.807, 2.05) is 64.1 Å². The molecular weight excluding hydrogens is 542 g/mol. The largest absolute Gasteiger partial charge is 0.352 e. The van der Waals surface area contributed by atoms with Crippen LogP contribution in [0.15, 0.2) is 46.9 Å². The first-order chi connectivity index (χ1) is 16.8. The minimum absolute atomic E-state index is 0.00507. The first-order valence-corrected chi connectivity index (χ1v) is 14.9. The minimum Gasteiger partial charge on any atom is -0.352 e. The van der Waals surface area contributed by atoms with E-state index >= 15 is 0 Å². The van der Waals surface area contributed by atoms with Crippen LogP contribution in [0.4, 0.5) is 5.69 Å². The maximum absolute atomic E-state index is 13.4. The molecule has 0 aliphatic carbocycles. The highest BCUT2D eigenvalue weighted by Crippen LogP contribution is 2.25. The van der Waals surface area contributed by atoms with Gasteiger partial charge in [-0.1, -0.05) is 47.1 Å². The standard InChI is InChI=1S/C27H38BrN3O4S/c1-7-20(3)29-27(33)22(5)30(18-23-13-15-24(28)16-14-23)26(32)12-9-17-31(36(6,34)35)25-11-8-10-19(2)21(25)4/h8,10-11,13-16,20,22H,7,9,12,17-18H2,1-6H3,(H,29,33)/t20-,22-/m0/s1. The molecule has 0 fully saturated rings. The van der Waals surface area contributed by atoms with Gasteiger partial charge in [0.15, 0.2) is 0 Å². The van der Waals surface area contributed by atoms with E-state index in [1.54, 1.807) is 17.9 Å². The zero-order valence-electron chi connectivity index (χ0n) is 22.0. The van der Waals surface area contributed by atoms with Gasteiger partial charge >= 0.3 is 0 Å². The van der Waals surface area contributed by atoms with E-state index in [2.05, 4.69) is 21.2 Å². The van der Waals surface area contributed by atoms with Crippen LogP contribution < -0.4 is 9.62 Å². The highest BCUT2D eigenvalue weighted by Gasteiger charge is 2.27. The summed E-state index contributed by atoms with van der Waals surface area (Å²) in [5, 5.41) is 2.96. The summed E-state index contributed by atoms with van der Waals surface area (Å²) in [4.78, 5) is 27.8. The Morgan fingerprint density at radius 2 is 1.69 bits per heavy atom. The number of anilines is 1. The number of hydrogen-bond donors (Lipinski definition) is 1. The van der Waals surface area contributed by atoms with E-state index in [9.17, 15) is 18.0 Å². The summed E-state index contributed by atoms with van der Waals surface area (Å²) in [5.74, 6) is -0.401. The fraction of sp³-hybridized carbons (Fsp3) is 0.481. The number of rotatable bonds is 12. The second-order valence-corrected chi connectivity index (χ2v) is 12.1. The van der Waals surface area contributed by atoms with Crippen LogP contribution in [0.2, 0.25) is 0 Å². The van der Waals surface area contributed by atoms with E-state index < -0.39 is 16.1 Å². The Balaban J connectivity index is 2.20. The maximum atomic E-state index is 13.4. The van der Waals surface area contributed by atoms with Crippen molar-refractivity contribution in [3.05, 3.63) is 63.6 Å². The first kappa shape index (κ1) is 29.8. The molecule has 0 saturated carbocycles. The molecule has 2 rings (SSSR count). The first-order valence-electron chi connectivity index (χ1n) is 12.2. The normalized spacial score (nSPS) is 13.1. The third-order valence-corrected chi connectivity index (χ3v) is 8.14. The molecule has 0 bridgehead atoms. The van der Waals surface area contributed by atoms with Crippen LogP contribution in [-0.4, -0.2) is 50.0 Å². The minimum atomic E-state index is -3.53. The fourth-order valence-corrected chi connectivity index (χ4v) is 5.10. The SMILES string of the molecule is CC[C@H](C)NC(=O)[C@H](C)N(Cc1ccc(Br)cc1)C(=O)CCCN(c1cccc(C)c1C)S(C)(=O)=O. The topological polar surface area (TPSA) is 86.8 Å². The Morgan fingerprint density at radius 3 is 2.28 bits per heavy atom. The van der Waals surface area contributed by atoms with Gasteiger partial charge in [-0.15, -0.1) is 0 Å². The van der Waals surface area contributed by atoms with Crippen molar-refractivity contribution in [3.8, 4) is 0 Å². The van der Waals surface area contributed by atoms with Gasteiger partial charge in [0.2, 0.25) is 21.8 Å². The quantitative estimate of drug-likeness (QED) is 0.385. The van der Waals surface area contributed by atoms with E-state index in [-0.39, 0.29) is 37.4 Å². The van der Waals surface area contributed by atoms with Gasteiger partial charge in [-0.25, -0.2) is 8.42 Å². The van der Waals surface area contributed by atoms with Crippen molar-refractivity contribution < 1.29 is 18.0 Å². The Kier molecular flexibility index (Phi) is 11.0. The molecule has 198 valence electrons. The van der Waals surface area contributed by atoms with Crippen molar-refractivity contribution in [2.45, 2.75) is 72.5 Å². The summed E-state index contributed by atoms with van der Waals surface area (Å²) >= 11 is 3.42. The van der Waals surface area contributed by atoms with Gasteiger partial charge in [0, 0.05) is 30.0 Å². The molecule has 9 heteroatoms. The smallest absolute Gasteiger partial charge is 0.242 e. The van der Waals surface area contributed by atoms with E-state index in [0.717, 1.165) is 27.6 Å². The van der Waals surface area contributed by atoms with Crippen LogP contribution in [0, 0.1) is 13.8 Å². The predicted octanol–water partition coefficient (Wildman–Crippen LogP) is 4.94. The van der Waals surface area contributed by atoms with Crippen LogP contribution in [0.25, 0.3) is 0 Å². The van der Waals surface area contributed by atoms with Crippen molar-refractivity contribution in [2.24, 2.45) is 0 Å². The van der Waals surface area contributed by atoms with E-state index in [1.165, 1.54) is 10.6 Å². The van der Waals surface area contributed by atoms with Crippen LogP contribution in [0.5, 0.6) is 0 Å². The molecule has 2 amide bonds. The lowest BCUT2D eigenvalue weighted by Gasteiger charge is -2.30. The molecule has 1 N–H and O–H groups in total. The number of benzene rings is 2. The highest BCUT2D eigenvalue weighted by molar-refractivity contribution is 9.10. The lowest BCUT2D eigenvalue weighted by Crippen LogP contribution is -2.49. The van der Waals surface area contributed by atoms with Crippen molar-refractivity contribution in [2.75, 3.05) is 17.1 Å². The van der Waals surface area contributed by atoms with Crippen molar-refractivity contribution in [1.29, 1.82) is 0 Å². The van der Waals surface area contributed by atoms with Gasteiger partial charge in [0.05, 0.1) is 11.9 Å². The molecule has 0 heterocycles. The number of carbonyl (C=O) groups is 2. The van der Waals surface area contributed by atoms with Crippen LogP contribution in [0.1, 0.15) is 56.7 Å². The second-order valence-electron chi connectivity index (χ2n) is 9.30. The van der Waals surface area contributed by atoms with Crippen molar-refractivity contribution >= 4 is 43.5 Å². The Morgan fingerprint density at radius 1 is 1.06 bits per heavy atom. The zero-order chi connectivity index (χ0) is 27.0. The average Bonchev–Trinajstić information content (AvgIpc) is 2.82. The fourth-order valence-electron chi connectivity index (χ4n) is 3.82. The van der Waals surface area contributed by atoms with Crippen molar-refractivity contribution in [3.63, 3.8) is 0 Å². The summed E-state index contributed by atoms with van der Waals surface area (Å²) < 4.78 is 27.4. The molecule has 0 aliphatic heterocycles. The zero-order valence-corrected chi connectivity index (χ0v) is 24.4. The summed E-state index contributed by atoms with van der Waals surface area (Å²) in [5.41, 5.74) is 3.42. The van der Waals surface area contributed by atoms with E-state index in [0.29, 0.717) is 12.1 Å². The number of hydrogen-bond acceptors (Lipinski definition) is 4. The molecule has 2 aromatic carbocycles. The van der Waals surface area contributed by atoms with Gasteiger partial charge in [-0.2, -0.15) is 0 Å². The molecule has 0 aliphatic rings. The predicted molar refractivity (Wildman–Crippen MR) is 149 cm³/mol. The highest BCUT2D eigenvalue weighted by atomic mass is 79.9. The number of nitrogens with zero attached hydrogens (tertiary/aromatic N) is 2. The van der Waals surface area contributed by atoms with Crippen LogP contribution in [0.3, 0.4) is 0 Å². The molecule has 2 atom stereocenters. The molecule has 0 radical (unpaired) electrons. The summed E-state index contributed by atoms with van der Waals surface area (Å²) in [6.07, 6.45) is 2.42. The maximum Gasteiger partial charge on any atom is 0.242 e. The molecule has 0 saturated heterocycles. The third kappa shape index (κ3) is 8.34. The number of halogens is 1. The third-order valence-electron chi connectivity index (χ3n) is 6.43. The molecule has 2 aromatic rings. The summed E-state index contributed by atoms with van der Waals surface area (Å²) in [6.45, 7) is 9.94. The average molecular weight is 581 g/mol. The van der Waals surface area contributed by atoms with E-state index in [4.69, 9.17) is 0 Å². The van der Waals surface area contributed by atoms with Gasteiger partial charge in [0.1, 0.15) is 6.04 Å². The molecule has 0 unspecified atom stereocenters. The molecule has 0 spiro atoms. The van der Waals surface area contributed by atoms with Gasteiger partial charge in [-0.3, -0.25) is 13.9 Å². The number of sulfonamides is 1. The summed E-state index contributed by atoms with van der Waals surface area (Å²) in [6, 6.07) is 12.5. The Hall–Kier alpha value is -2.39.